The molecule has 5 heteroatoms. The lowest BCUT2D eigenvalue weighted by Gasteiger charge is -1.93. The first-order valence-electron chi connectivity index (χ1n) is 3.75. The Labute approximate surface area is 77.4 Å². The molecular formula is C8H4N4S. The minimum absolute atomic E-state index is 0.867. The van der Waals surface area contributed by atoms with Crippen molar-refractivity contribution in [3.05, 3.63) is 23.8 Å². The summed E-state index contributed by atoms with van der Waals surface area (Å²) >= 11 is 1.32. The molecule has 0 aliphatic carbocycles. The minimum atomic E-state index is 0.867. The van der Waals surface area contributed by atoms with Crippen LogP contribution in [0.1, 0.15) is 0 Å². The van der Waals surface area contributed by atoms with E-state index in [1.54, 1.807) is 6.33 Å². The Kier molecular flexibility index (Phi) is 1.28. The van der Waals surface area contributed by atoms with Crippen molar-refractivity contribution in [1.82, 2.24) is 19.6 Å². The second-order valence-electron chi connectivity index (χ2n) is 2.64. The first kappa shape index (κ1) is 6.85. The lowest BCUT2D eigenvalue weighted by atomic mass is 10.2. The first-order valence-corrected chi connectivity index (χ1v) is 4.59. The van der Waals surface area contributed by atoms with Crippen molar-refractivity contribution < 1.29 is 0 Å². The molecule has 0 amide bonds. The molecule has 0 unspecified atom stereocenters. The second kappa shape index (κ2) is 2.43. The van der Waals surface area contributed by atoms with E-state index in [2.05, 4.69) is 19.6 Å². The molecule has 4 nitrogen and oxygen atoms in total. The molecule has 0 aliphatic heterocycles. The summed E-state index contributed by atoms with van der Waals surface area (Å²) in [5, 5.41) is 6.98. The summed E-state index contributed by atoms with van der Waals surface area (Å²) in [4.78, 5) is 8.29. The van der Waals surface area contributed by atoms with Gasteiger partial charge in [-0.05, 0) is 23.7 Å². The first-order chi connectivity index (χ1) is 6.45. The molecule has 1 aromatic carbocycles. The molecule has 0 radical (unpaired) electrons. The average Bonchev–Trinajstić information content (AvgIpc) is 2.65. The van der Waals surface area contributed by atoms with Crippen LogP contribution in [0.4, 0.5) is 0 Å². The van der Waals surface area contributed by atoms with Crippen molar-refractivity contribution in [2.24, 2.45) is 0 Å². The Morgan fingerprint density at radius 3 is 3.00 bits per heavy atom. The van der Waals surface area contributed by atoms with Crippen molar-refractivity contribution in [3.63, 3.8) is 0 Å². The molecular weight excluding hydrogens is 184 g/mol. The lowest BCUT2D eigenvalue weighted by molar-refractivity contribution is 1.18. The summed E-state index contributed by atoms with van der Waals surface area (Å²) in [7, 11) is 0. The van der Waals surface area contributed by atoms with Crippen LogP contribution in [-0.2, 0) is 0 Å². The third-order valence-corrected chi connectivity index (χ3v) is 2.44. The third kappa shape index (κ3) is 0.905. The Bertz CT molecular complexity index is 574. The van der Waals surface area contributed by atoms with Crippen molar-refractivity contribution in [2.75, 3.05) is 0 Å². The third-order valence-electron chi connectivity index (χ3n) is 1.92. The molecule has 0 N–H and O–H groups in total. The number of hydrogen-bond acceptors (Lipinski definition) is 5. The fourth-order valence-electron chi connectivity index (χ4n) is 1.32. The predicted octanol–water partition coefficient (Wildman–Crippen LogP) is 1.63. The maximum atomic E-state index is 4.17. The van der Waals surface area contributed by atoms with E-state index in [0.29, 0.717) is 0 Å². The highest BCUT2D eigenvalue weighted by molar-refractivity contribution is 7.03. The zero-order valence-electron chi connectivity index (χ0n) is 6.51. The van der Waals surface area contributed by atoms with Crippen molar-refractivity contribution in [2.45, 2.75) is 0 Å². The van der Waals surface area contributed by atoms with Gasteiger partial charge in [-0.2, -0.15) is 0 Å². The van der Waals surface area contributed by atoms with Crippen LogP contribution in [0, 0.1) is 0 Å². The van der Waals surface area contributed by atoms with E-state index in [1.165, 1.54) is 11.5 Å². The van der Waals surface area contributed by atoms with E-state index >= 15 is 0 Å². The van der Waals surface area contributed by atoms with Gasteiger partial charge in [0.15, 0.2) is 0 Å². The molecule has 62 valence electrons. The van der Waals surface area contributed by atoms with Crippen LogP contribution >= 0.6 is 11.5 Å². The van der Waals surface area contributed by atoms with Gasteiger partial charge in [0.1, 0.15) is 11.8 Å². The predicted molar refractivity (Wildman–Crippen MR) is 50.5 cm³/mol. The molecule has 0 aliphatic rings. The van der Waals surface area contributed by atoms with Gasteiger partial charge in [0.2, 0.25) is 0 Å². The van der Waals surface area contributed by atoms with Crippen molar-refractivity contribution >= 4 is 33.5 Å². The van der Waals surface area contributed by atoms with Gasteiger partial charge >= 0.3 is 0 Å². The van der Waals surface area contributed by atoms with E-state index in [1.807, 2.05) is 17.5 Å². The fraction of sp³-hybridized carbons (Fsp3) is 0. The van der Waals surface area contributed by atoms with Gasteiger partial charge in [-0.3, -0.25) is 0 Å². The normalized spacial score (nSPS) is 11.1. The van der Waals surface area contributed by atoms with Crippen LogP contribution in [0.15, 0.2) is 23.8 Å². The molecule has 0 spiro atoms. The van der Waals surface area contributed by atoms with Gasteiger partial charge < -0.3 is 0 Å². The maximum absolute atomic E-state index is 4.17. The minimum Gasteiger partial charge on any atom is -0.235 e. The largest absolute Gasteiger partial charge is 0.235 e. The number of hydrogen-bond donors (Lipinski definition) is 0. The van der Waals surface area contributed by atoms with E-state index in [-0.39, 0.29) is 0 Å². The summed E-state index contributed by atoms with van der Waals surface area (Å²) in [5.74, 6) is 0. The number of fused-ring (bicyclic) bond motifs is 3. The summed E-state index contributed by atoms with van der Waals surface area (Å²) in [6, 6.07) is 3.82. The molecule has 0 bridgehead atoms. The van der Waals surface area contributed by atoms with Crippen LogP contribution in [0.5, 0.6) is 0 Å². The Hall–Kier alpha value is -1.62. The number of nitrogens with zero attached hydrogens (tertiary/aromatic N) is 4. The molecule has 0 saturated heterocycles. The smallest absolute Gasteiger partial charge is 0.116 e. The summed E-state index contributed by atoms with van der Waals surface area (Å²) in [6.45, 7) is 0. The molecule has 3 aromatic rings. The number of imidazole rings is 1. The zero-order chi connectivity index (χ0) is 8.67. The molecule has 0 fully saturated rings. The second-order valence-corrected chi connectivity index (χ2v) is 3.25. The standard InChI is InChI=1S/C8H4N4S/c1-2-7-8(10-4-9-7)5-3-13-12-11-6(1)5/h1-4H. The Morgan fingerprint density at radius 2 is 2.00 bits per heavy atom. The summed E-state index contributed by atoms with van der Waals surface area (Å²) in [6.07, 6.45) is 1.56. The van der Waals surface area contributed by atoms with Gasteiger partial charge in [-0.25, -0.2) is 9.97 Å². The SMILES string of the molecule is c1nc2ccc3nnscc3c2n1. The molecule has 13 heavy (non-hydrogen) atoms. The fourth-order valence-corrected chi connectivity index (χ4v) is 1.84. The van der Waals surface area contributed by atoms with E-state index in [0.717, 1.165) is 21.9 Å². The molecule has 2 heterocycles. The van der Waals surface area contributed by atoms with Crippen molar-refractivity contribution in [3.8, 4) is 0 Å². The highest BCUT2D eigenvalue weighted by atomic mass is 32.1. The van der Waals surface area contributed by atoms with Crippen LogP contribution < -0.4 is 0 Å². The van der Waals surface area contributed by atoms with Crippen LogP contribution in [0.2, 0.25) is 0 Å². The highest BCUT2D eigenvalue weighted by Crippen LogP contribution is 2.20. The van der Waals surface area contributed by atoms with Gasteiger partial charge in [0, 0.05) is 10.8 Å². The molecule has 0 saturated carbocycles. The van der Waals surface area contributed by atoms with Gasteiger partial charge in [0.05, 0.1) is 11.0 Å². The summed E-state index contributed by atoms with van der Waals surface area (Å²) < 4.78 is 3.85. The Morgan fingerprint density at radius 1 is 1.08 bits per heavy atom. The lowest BCUT2D eigenvalue weighted by Crippen LogP contribution is -1.80. The number of benzene rings is 1. The topological polar surface area (TPSA) is 51.6 Å². The molecule has 3 rings (SSSR count). The van der Waals surface area contributed by atoms with E-state index in [9.17, 15) is 0 Å². The zero-order valence-corrected chi connectivity index (χ0v) is 7.32. The number of rotatable bonds is 0. The van der Waals surface area contributed by atoms with Crippen LogP contribution in [0.3, 0.4) is 0 Å². The highest BCUT2D eigenvalue weighted by Gasteiger charge is 2.03. The van der Waals surface area contributed by atoms with Gasteiger partial charge in [-0.15, -0.1) is 5.10 Å². The van der Waals surface area contributed by atoms with Gasteiger partial charge in [0.25, 0.3) is 0 Å². The molecule has 2 aromatic heterocycles. The van der Waals surface area contributed by atoms with E-state index in [4.69, 9.17) is 0 Å². The molecule has 0 atom stereocenters. The van der Waals surface area contributed by atoms with E-state index < -0.39 is 0 Å². The monoisotopic (exact) mass is 188 g/mol. The van der Waals surface area contributed by atoms with Gasteiger partial charge in [-0.1, -0.05) is 4.49 Å². The quantitative estimate of drug-likeness (QED) is 0.538. The average molecular weight is 188 g/mol. The van der Waals surface area contributed by atoms with Crippen LogP contribution in [0.25, 0.3) is 21.9 Å². The van der Waals surface area contributed by atoms with Crippen LogP contribution in [-0.4, -0.2) is 19.6 Å². The Balaban J connectivity index is 2.65. The van der Waals surface area contributed by atoms with Crippen molar-refractivity contribution in [1.29, 1.82) is 0 Å². The maximum Gasteiger partial charge on any atom is 0.116 e. The summed E-state index contributed by atoms with van der Waals surface area (Å²) in [5.41, 5.74) is 2.68. The number of aromatic nitrogens is 4.